The predicted octanol–water partition coefficient (Wildman–Crippen LogP) is 3.21. The molecule has 1 unspecified atom stereocenters. The van der Waals surface area contributed by atoms with Crippen molar-refractivity contribution < 1.29 is 14.3 Å². The van der Waals surface area contributed by atoms with Crippen molar-refractivity contribution in [2.24, 2.45) is 0 Å². The van der Waals surface area contributed by atoms with Gasteiger partial charge in [0.05, 0.1) is 31.4 Å². The van der Waals surface area contributed by atoms with Gasteiger partial charge in [-0.1, -0.05) is 17.7 Å². The number of morpholine rings is 1. The van der Waals surface area contributed by atoms with Gasteiger partial charge < -0.3 is 14.8 Å². The van der Waals surface area contributed by atoms with Gasteiger partial charge in [0.2, 0.25) is 0 Å². The minimum absolute atomic E-state index is 0.139. The third-order valence-electron chi connectivity index (χ3n) is 4.23. The molecule has 1 aliphatic rings. The van der Waals surface area contributed by atoms with Crippen LogP contribution in [0.15, 0.2) is 35.7 Å². The first-order valence-electron chi connectivity index (χ1n) is 8.16. The Morgan fingerprint density at radius 3 is 2.84 bits per heavy atom. The van der Waals surface area contributed by atoms with Gasteiger partial charge in [-0.15, -0.1) is 11.3 Å². The number of halogens is 1. The van der Waals surface area contributed by atoms with Crippen LogP contribution in [0.1, 0.15) is 21.3 Å². The molecule has 0 aliphatic carbocycles. The van der Waals surface area contributed by atoms with E-state index in [0.29, 0.717) is 22.9 Å². The van der Waals surface area contributed by atoms with Crippen molar-refractivity contribution in [3.63, 3.8) is 0 Å². The Morgan fingerprint density at radius 2 is 2.20 bits per heavy atom. The largest absolute Gasteiger partial charge is 0.495 e. The Bertz CT molecular complexity index is 702. The van der Waals surface area contributed by atoms with Crippen LogP contribution < -0.4 is 10.1 Å². The average molecular weight is 381 g/mol. The topological polar surface area (TPSA) is 50.8 Å². The van der Waals surface area contributed by atoms with Crippen molar-refractivity contribution in [3.8, 4) is 5.75 Å². The van der Waals surface area contributed by atoms with E-state index >= 15 is 0 Å². The Kier molecular flexibility index (Phi) is 6.31. The Hall–Kier alpha value is -1.60. The lowest BCUT2D eigenvalue weighted by Crippen LogP contribution is -2.43. The fourth-order valence-corrected chi connectivity index (χ4v) is 4.00. The van der Waals surface area contributed by atoms with E-state index in [9.17, 15) is 4.79 Å². The summed E-state index contributed by atoms with van der Waals surface area (Å²) in [7, 11) is 1.55. The molecule has 1 aliphatic heterocycles. The highest BCUT2D eigenvalue weighted by molar-refractivity contribution is 7.10. The first kappa shape index (κ1) is 18.2. The number of methoxy groups -OCH3 is 1. The summed E-state index contributed by atoms with van der Waals surface area (Å²) < 4.78 is 10.6. The van der Waals surface area contributed by atoms with E-state index < -0.39 is 0 Å². The third kappa shape index (κ3) is 4.52. The Balaban J connectivity index is 1.68. The zero-order valence-corrected chi connectivity index (χ0v) is 15.6. The van der Waals surface area contributed by atoms with Crippen molar-refractivity contribution in [2.75, 3.05) is 40.0 Å². The summed E-state index contributed by atoms with van der Waals surface area (Å²) in [5, 5.41) is 5.53. The SMILES string of the molecule is COc1ccc(C(=O)NCC(c2cccs2)N2CCOCC2)cc1Cl. The van der Waals surface area contributed by atoms with E-state index in [0.717, 1.165) is 26.3 Å². The van der Waals surface area contributed by atoms with Gasteiger partial charge >= 0.3 is 0 Å². The van der Waals surface area contributed by atoms with Gasteiger partial charge in [0.1, 0.15) is 5.75 Å². The summed E-state index contributed by atoms with van der Waals surface area (Å²) in [5.74, 6) is 0.419. The molecule has 3 rings (SSSR count). The fraction of sp³-hybridized carbons (Fsp3) is 0.389. The lowest BCUT2D eigenvalue weighted by Gasteiger charge is -2.34. The summed E-state index contributed by atoms with van der Waals surface area (Å²) in [4.78, 5) is 16.1. The molecule has 134 valence electrons. The second-order valence-electron chi connectivity index (χ2n) is 5.74. The average Bonchev–Trinajstić information content (AvgIpc) is 3.17. The van der Waals surface area contributed by atoms with Gasteiger partial charge in [-0.25, -0.2) is 0 Å². The Labute approximate surface area is 156 Å². The molecule has 0 saturated carbocycles. The summed E-state index contributed by atoms with van der Waals surface area (Å²) in [6, 6.07) is 9.36. The first-order valence-corrected chi connectivity index (χ1v) is 9.41. The van der Waals surface area contributed by atoms with E-state index in [-0.39, 0.29) is 11.9 Å². The van der Waals surface area contributed by atoms with Gasteiger partial charge in [-0.05, 0) is 29.6 Å². The maximum Gasteiger partial charge on any atom is 0.251 e. The van der Waals surface area contributed by atoms with Gasteiger partial charge in [0.25, 0.3) is 5.91 Å². The first-order chi connectivity index (χ1) is 12.2. The van der Waals surface area contributed by atoms with Crippen LogP contribution in [-0.2, 0) is 4.74 Å². The second-order valence-corrected chi connectivity index (χ2v) is 7.13. The molecular weight excluding hydrogens is 360 g/mol. The molecule has 0 bridgehead atoms. The summed E-state index contributed by atoms with van der Waals surface area (Å²) in [5.41, 5.74) is 0.526. The molecule has 25 heavy (non-hydrogen) atoms. The number of benzene rings is 1. The predicted molar refractivity (Wildman–Crippen MR) is 99.8 cm³/mol. The van der Waals surface area contributed by atoms with E-state index in [1.807, 2.05) is 6.07 Å². The summed E-state index contributed by atoms with van der Waals surface area (Å²) in [6.45, 7) is 3.73. The normalized spacial score (nSPS) is 16.4. The van der Waals surface area contributed by atoms with E-state index in [1.54, 1.807) is 36.6 Å². The molecule has 2 aromatic rings. The molecule has 0 spiro atoms. The minimum atomic E-state index is -0.139. The zero-order valence-electron chi connectivity index (χ0n) is 14.0. The maximum absolute atomic E-state index is 12.5. The lowest BCUT2D eigenvalue weighted by atomic mass is 10.1. The van der Waals surface area contributed by atoms with Gasteiger partial charge in [0.15, 0.2) is 0 Å². The number of nitrogens with zero attached hydrogens (tertiary/aromatic N) is 1. The van der Waals surface area contributed by atoms with Crippen molar-refractivity contribution >= 4 is 28.8 Å². The molecule has 1 atom stereocenters. The molecule has 1 N–H and O–H groups in total. The number of carbonyl (C=O) groups is 1. The summed E-state index contributed by atoms with van der Waals surface area (Å²) in [6.07, 6.45) is 0. The lowest BCUT2D eigenvalue weighted by molar-refractivity contribution is 0.0169. The smallest absolute Gasteiger partial charge is 0.251 e. The van der Waals surface area contributed by atoms with Gasteiger partial charge in [-0.3, -0.25) is 9.69 Å². The number of hydrogen-bond donors (Lipinski definition) is 1. The highest BCUT2D eigenvalue weighted by Gasteiger charge is 2.24. The quantitative estimate of drug-likeness (QED) is 0.836. The number of ether oxygens (including phenoxy) is 2. The standard InChI is InChI=1S/C18H21ClN2O3S/c1-23-16-5-4-13(11-14(16)19)18(22)20-12-15(17-3-2-10-25-17)21-6-8-24-9-7-21/h2-5,10-11,15H,6-9,12H2,1H3,(H,20,22). The number of carbonyl (C=O) groups excluding carboxylic acids is 1. The molecule has 1 aromatic heterocycles. The van der Waals surface area contributed by atoms with Crippen molar-refractivity contribution in [1.29, 1.82) is 0 Å². The number of amides is 1. The molecule has 0 radical (unpaired) electrons. The van der Waals surface area contributed by atoms with Crippen LogP contribution in [0.5, 0.6) is 5.75 Å². The van der Waals surface area contributed by atoms with Crippen LogP contribution in [0.2, 0.25) is 5.02 Å². The number of rotatable bonds is 6. The monoisotopic (exact) mass is 380 g/mol. The Morgan fingerprint density at radius 1 is 1.40 bits per heavy atom. The molecule has 2 heterocycles. The summed E-state index contributed by atoms with van der Waals surface area (Å²) >= 11 is 7.82. The molecule has 1 fully saturated rings. The van der Waals surface area contributed by atoms with E-state index in [1.165, 1.54) is 4.88 Å². The molecule has 1 saturated heterocycles. The van der Waals surface area contributed by atoms with Gasteiger partial charge in [0, 0.05) is 30.1 Å². The molecule has 5 nitrogen and oxygen atoms in total. The molecular formula is C18H21ClN2O3S. The van der Waals surface area contributed by atoms with Gasteiger partial charge in [-0.2, -0.15) is 0 Å². The van der Waals surface area contributed by atoms with Crippen LogP contribution in [0.25, 0.3) is 0 Å². The number of thiophene rings is 1. The van der Waals surface area contributed by atoms with Crippen LogP contribution in [0.3, 0.4) is 0 Å². The van der Waals surface area contributed by atoms with Crippen LogP contribution in [0.4, 0.5) is 0 Å². The van der Waals surface area contributed by atoms with Crippen molar-refractivity contribution in [1.82, 2.24) is 10.2 Å². The van der Waals surface area contributed by atoms with Crippen LogP contribution >= 0.6 is 22.9 Å². The highest BCUT2D eigenvalue weighted by Crippen LogP contribution is 2.27. The minimum Gasteiger partial charge on any atom is -0.495 e. The van der Waals surface area contributed by atoms with Crippen LogP contribution in [0, 0.1) is 0 Å². The van der Waals surface area contributed by atoms with Crippen molar-refractivity contribution in [3.05, 3.63) is 51.2 Å². The number of hydrogen-bond acceptors (Lipinski definition) is 5. The van der Waals surface area contributed by atoms with Crippen molar-refractivity contribution in [2.45, 2.75) is 6.04 Å². The zero-order chi connectivity index (χ0) is 17.6. The highest BCUT2D eigenvalue weighted by atomic mass is 35.5. The van der Waals surface area contributed by atoms with Crippen LogP contribution in [-0.4, -0.2) is 50.8 Å². The maximum atomic E-state index is 12.5. The molecule has 1 aromatic carbocycles. The van der Waals surface area contributed by atoms with E-state index in [2.05, 4.69) is 21.7 Å². The van der Waals surface area contributed by atoms with E-state index in [4.69, 9.17) is 21.1 Å². The molecule has 7 heteroatoms. The molecule has 1 amide bonds. The number of nitrogens with one attached hydrogen (secondary N) is 1. The fourth-order valence-electron chi connectivity index (χ4n) is 2.88. The second kappa shape index (κ2) is 8.67. The third-order valence-corrected chi connectivity index (χ3v) is 5.50.